The molecule has 23 heavy (non-hydrogen) atoms. The third kappa shape index (κ3) is 2.53. The molecule has 0 radical (unpaired) electrons. The SMILES string of the molecule is O=C(NCc1occ2ccccc12)c1cnc2ccccc2n1. The van der Waals surface area contributed by atoms with Crippen LogP contribution < -0.4 is 5.32 Å². The molecule has 0 bridgehead atoms. The molecule has 112 valence electrons. The van der Waals surface area contributed by atoms with E-state index in [-0.39, 0.29) is 5.91 Å². The van der Waals surface area contributed by atoms with Crippen LogP contribution in [0.3, 0.4) is 0 Å². The van der Waals surface area contributed by atoms with Crippen molar-refractivity contribution < 1.29 is 9.21 Å². The molecule has 4 rings (SSSR count). The molecule has 2 heterocycles. The number of amides is 1. The summed E-state index contributed by atoms with van der Waals surface area (Å²) in [6, 6.07) is 15.3. The van der Waals surface area contributed by atoms with Crippen LogP contribution in [0.25, 0.3) is 21.8 Å². The maximum Gasteiger partial charge on any atom is 0.271 e. The molecular formula is C18H13N3O2. The van der Waals surface area contributed by atoms with E-state index in [1.165, 1.54) is 6.20 Å². The summed E-state index contributed by atoms with van der Waals surface area (Å²) >= 11 is 0. The highest BCUT2D eigenvalue weighted by atomic mass is 16.3. The van der Waals surface area contributed by atoms with E-state index in [0.29, 0.717) is 17.8 Å². The molecule has 5 heteroatoms. The zero-order valence-corrected chi connectivity index (χ0v) is 12.2. The van der Waals surface area contributed by atoms with Gasteiger partial charge in [-0.25, -0.2) is 4.98 Å². The highest BCUT2D eigenvalue weighted by Gasteiger charge is 2.11. The van der Waals surface area contributed by atoms with E-state index in [1.807, 2.05) is 48.5 Å². The maximum absolute atomic E-state index is 12.3. The van der Waals surface area contributed by atoms with E-state index in [9.17, 15) is 4.79 Å². The van der Waals surface area contributed by atoms with Gasteiger partial charge in [-0.2, -0.15) is 0 Å². The Labute approximate surface area is 132 Å². The number of para-hydroxylation sites is 2. The summed E-state index contributed by atoms with van der Waals surface area (Å²) in [4.78, 5) is 20.8. The Morgan fingerprint density at radius 1 is 1.04 bits per heavy atom. The minimum atomic E-state index is -0.274. The van der Waals surface area contributed by atoms with E-state index >= 15 is 0 Å². The third-order valence-electron chi connectivity index (χ3n) is 3.68. The zero-order valence-electron chi connectivity index (χ0n) is 12.2. The first kappa shape index (κ1) is 13.5. The first-order valence-corrected chi connectivity index (χ1v) is 7.26. The van der Waals surface area contributed by atoms with Crippen LogP contribution in [-0.2, 0) is 6.54 Å². The summed E-state index contributed by atoms with van der Waals surface area (Å²) in [5, 5.41) is 4.84. The molecule has 0 atom stereocenters. The van der Waals surface area contributed by atoms with E-state index in [4.69, 9.17) is 4.42 Å². The lowest BCUT2D eigenvalue weighted by Crippen LogP contribution is -2.23. The number of rotatable bonds is 3. The predicted octanol–water partition coefficient (Wildman–Crippen LogP) is 3.31. The fourth-order valence-corrected chi connectivity index (χ4v) is 2.51. The topological polar surface area (TPSA) is 68.0 Å². The fraction of sp³-hybridized carbons (Fsp3) is 0.0556. The average molecular weight is 303 g/mol. The molecule has 4 aromatic rings. The second kappa shape index (κ2) is 5.53. The molecule has 0 fully saturated rings. The van der Waals surface area contributed by atoms with E-state index in [1.54, 1.807) is 6.26 Å². The summed E-state index contributed by atoms with van der Waals surface area (Å²) in [6.07, 6.45) is 3.17. The van der Waals surface area contributed by atoms with Gasteiger partial charge >= 0.3 is 0 Å². The van der Waals surface area contributed by atoms with Gasteiger partial charge in [-0.05, 0) is 12.1 Å². The lowest BCUT2D eigenvalue weighted by atomic mass is 10.2. The molecule has 5 nitrogen and oxygen atoms in total. The Bertz CT molecular complexity index is 1010. The molecular weight excluding hydrogens is 290 g/mol. The van der Waals surface area contributed by atoms with Crippen molar-refractivity contribution in [1.82, 2.24) is 15.3 Å². The molecule has 0 unspecified atom stereocenters. The number of fused-ring (bicyclic) bond motifs is 2. The van der Waals surface area contributed by atoms with Crippen molar-refractivity contribution in [2.45, 2.75) is 6.54 Å². The second-order valence-electron chi connectivity index (χ2n) is 5.17. The van der Waals surface area contributed by atoms with Crippen LogP contribution in [0.15, 0.2) is 65.4 Å². The van der Waals surface area contributed by atoms with Gasteiger partial charge in [-0.15, -0.1) is 0 Å². The van der Waals surface area contributed by atoms with Gasteiger partial charge in [0.1, 0.15) is 11.5 Å². The summed E-state index contributed by atoms with van der Waals surface area (Å²) in [5.41, 5.74) is 1.75. The molecule has 0 aliphatic carbocycles. The van der Waals surface area contributed by atoms with Crippen LogP contribution in [0, 0.1) is 0 Å². The van der Waals surface area contributed by atoms with Crippen molar-refractivity contribution in [3.05, 3.63) is 72.4 Å². The van der Waals surface area contributed by atoms with Crippen LogP contribution in [0.4, 0.5) is 0 Å². The number of carbonyl (C=O) groups is 1. The number of aromatic nitrogens is 2. The summed E-state index contributed by atoms with van der Waals surface area (Å²) in [7, 11) is 0. The molecule has 0 saturated carbocycles. The van der Waals surface area contributed by atoms with Gasteiger partial charge in [-0.1, -0.05) is 36.4 Å². The van der Waals surface area contributed by atoms with E-state index in [2.05, 4.69) is 15.3 Å². The highest BCUT2D eigenvalue weighted by molar-refractivity contribution is 5.94. The minimum Gasteiger partial charge on any atom is -0.466 e. The lowest BCUT2D eigenvalue weighted by Gasteiger charge is -2.04. The molecule has 0 spiro atoms. The fourth-order valence-electron chi connectivity index (χ4n) is 2.51. The number of furan rings is 1. The Hall–Kier alpha value is -3.21. The smallest absolute Gasteiger partial charge is 0.271 e. The third-order valence-corrected chi connectivity index (χ3v) is 3.68. The van der Waals surface area contributed by atoms with Gasteiger partial charge in [0.05, 0.1) is 30.0 Å². The molecule has 1 N–H and O–H groups in total. The van der Waals surface area contributed by atoms with Crippen molar-refractivity contribution in [2.75, 3.05) is 0 Å². The monoisotopic (exact) mass is 303 g/mol. The molecule has 0 aliphatic rings. The lowest BCUT2D eigenvalue weighted by molar-refractivity contribution is 0.0943. The van der Waals surface area contributed by atoms with Crippen molar-refractivity contribution in [3.63, 3.8) is 0 Å². The van der Waals surface area contributed by atoms with Gasteiger partial charge in [0.2, 0.25) is 0 Å². The number of benzene rings is 2. The van der Waals surface area contributed by atoms with Crippen molar-refractivity contribution in [2.24, 2.45) is 0 Å². The second-order valence-corrected chi connectivity index (χ2v) is 5.17. The van der Waals surface area contributed by atoms with Crippen LogP contribution >= 0.6 is 0 Å². The van der Waals surface area contributed by atoms with E-state index < -0.39 is 0 Å². The Morgan fingerprint density at radius 3 is 2.74 bits per heavy atom. The number of nitrogens with one attached hydrogen (secondary N) is 1. The van der Waals surface area contributed by atoms with Crippen LogP contribution in [0.5, 0.6) is 0 Å². The minimum absolute atomic E-state index is 0.274. The predicted molar refractivity (Wildman–Crippen MR) is 86.9 cm³/mol. The number of nitrogens with zero attached hydrogens (tertiary/aromatic N) is 2. The van der Waals surface area contributed by atoms with Crippen molar-refractivity contribution in [1.29, 1.82) is 0 Å². The average Bonchev–Trinajstić information content (AvgIpc) is 3.02. The number of hydrogen-bond acceptors (Lipinski definition) is 4. The van der Waals surface area contributed by atoms with Crippen LogP contribution in [0.1, 0.15) is 16.2 Å². The summed E-state index contributed by atoms with van der Waals surface area (Å²) in [6.45, 7) is 0.306. The zero-order chi connectivity index (χ0) is 15.6. The van der Waals surface area contributed by atoms with Crippen molar-refractivity contribution >= 4 is 27.7 Å². The Morgan fingerprint density at radius 2 is 1.83 bits per heavy atom. The summed E-state index contributed by atoms with van der Waals surface area (Å²) in [5.74, 6) is 0.450. The standard InChI is InChI=1S/C18H13N3O2/c22-18(16-9-19-14-7-3-4-8-15(14)21-16)20-10-17-13-6-2-1-5-12(13)11-23-17/h1-9,11H,10H2,(H,20,22). The van der Waals surface area contributed by atoms with Crippen molar-refractivity contribution in [3.8, 4) is 0 Å². The quantitative estimate of drug-likeness (QED) is 0.630. The van der Waals surface area contributed by atoms with Crippen LogP contribution in [-0.4, -0.2) is 15.9 Å². The molecule has 0 saturated heterocycles. The molecule has 2 aromatic heterocycles. The number of carbonyl (C=O) groups excluding carboxylic acids is 1. The molecule has 2 aromatic carbocycles. The normalized spacial score (nSPS) is 11.0. The molecule has 1 amide bonds. The first-order valence-electron chi connectivity index (χ1n) is 7.26. The van der Waals surface area contributed by atoms with Gasteiger partial charge in [0, 0.05) is 10.8 Å². The van der Waals surface area contributed by atoms with Gasteiger partial charge in [-0.3, -0.25) is 9.78 Å². The Balaban J connectivity index is 1.55. The molecule has 0 aliphatic heterocycles. The largest absolute Gasteiger partial charge is 0.466 e. The Kier molecular flexibility index (Phi) is 3.24. The van der Waals surface area contributed by atoms with Crippen LogP contribution in [0.2, 0.25) is 0 Å². The van der Waals surface area contributed by atoms with Gasteiger partial charge in [0.15, 0.2) is 0 Å². The maximum atomic E-state index is 12.3. The summed E-state index contributed by atoms with van der Waals surface area (Å²) < 4.78 is 5.52. The van der Waals surface area contributed by atoms with E-state index in [0.717, 1.165) is 22.0 Å². The number of hydrogen-bond donors (Lipinski definition) is 1. The first-order chi connectivity index (χ1) is 11.3. The van der Waals surface area contributed by atoms with Gasteiger partial charge < -0.3 is 9.73 Å². The highest BCUT2D eigenvalue weighted by Crippen LogP contribution is 2.20. The van der Waals surface area contributed by atoms with Gasteiger partial charge in [0.25, 0.3) is 5.91 Å².